The number of anilines is 2. The maximum Gasteiger partial charge on any atom is 0.265 e. The zero-order valence-corrected chi connectivity index (χ0v) is 11.4. The summed E-state index contributed by atoms with van der Waals surface area (Å²) in [6, 6.07) is 13.8. The summed E-state index contributed by atoms with van der Waals surface area (Å²) in [6.07, 6.45) is 0. The zero-order chi connectivity index (χ0) is 15.2. The summed E-state index contributed by atoms with van der Waals surface area (Å²) in [7, 11) is 0. The summed E-state index contributed by atoms with van der Waals surface area (Å²) in [6.45, 7) is 1.75. The Hall–Kier alpha value is -2.84. The molecule has 1 unspecified atom stereocenters. The highest BCUT2D eigenvalue weighted by Gasteiger charge is 2.48. The van der Waals surface area contributed by atoms with Gasteiger partial charge in [-0.1, -0.05) is 18.2 Å². The summed E-state index contributed by atoms with van der Waals surface area (Å²) < 4.78 is 0. The van der Waals surface area contributed by atoms with Crippen LogP contribution in [0.5, 0.6) is 0 Å². The Balaban J connectivity index is 2.23. The van der Waals surface area contributed by atoms with Gasteiger partial charge in [-0.2, -0.15) is 10.3 Å². The third-order valence-corrected chi connectivity index (χ3v) is 4.00. The molecule has 0 radical (unpaired) electrons. The molecule has 5 nitrogen and oxygen atoms in total. The molecule has 1 aliphatic rings. The van der Waals surface area contributed by atoms with Gasteiger partial charge in [-0.3, -0.25) is 10.0 Å². The van der Waals surface area contributed by atoms with E-state index in [0.717, 1.165) is 5.56 Å². The fourth-order valence-electron chi connectivity index (χ4n) is 2.73. The first-order valence-electron chi connectivity index (χ1n) is 6.42. The SMILES string of the molecule is CC1(c2ccc(N)cc2)C(=O)N(O)c2cc(C#N)ccc21. The molecule has 1 amide bonds. The van der Waals surface area contributed by atoms with E-state index < -0.39 is 11.3 Å². The van der Waals surface area contributed by atoms with Crippen LogP contribution in [0, 0.1) is 11.3 Å². The number of benzene rings is 2. The lowest BCUT2D eigenvalue weighted by atomic mass is 9.77. The van der Waals surface area contributed by atoms with Crippen LogP contribution >= 0.6 is 0 Å². The van der Waals surface area contributed by atoms with Crippen molar-refractivity contribution in [1.29, 1.82) is 5.26 Å². The minimum absolute atomic E-state index is 0.346. The average molecular weight is 279 g/mol. The second kappa shape index (κ2) is 4.33. The van der Waals surface area contributed by atoms with Crippen molar-refractivity contribution in [3.8, 4) is 6.07 Å². The van der Waals surface area contributed by atoms with Crippen LogP contribution in [0.4, 0.5) is 11.4 Å². The quantitative estimate of drug-likeness (QED) is 0.618. The van der Waals surface area contributed by atoms with Gasteiger partial charge < -0.3 is 5.73 Å². The Labute approximate surface area is 121 Å². The number of hydrogen-bond donors (Lipinski definition) is 2. The van der Waals surface area contributed by atoms with Crippen molar-refractivity contribution < 1.29 is 10.0 Å². The Kier molecular flexibility index (Phi) is 2.71. The third kappa shape index (κ3) is 1.70. The number of carbonyl (C=O) groups excluding carboxylic acids is 1. The van der Waals surface area contributed by atoms with Crippen LogP contribution in [0.25, 0.3) is 0 Å². The van der Waals surface area contributed by atoms with Crippen molar-refractivity contribution in [3.63, 3.8) is 0 Å². The van der Waals surface area contributed by atoms with E-state index >= 15 is 0 Å². The van der Waals surface area contributed by atoms with Gasteiger partial charge in [0.2, 0.25) is 0 Å². The first-order valence-corrected chi connectivity index (χ1v) is 6.42. The monoisotopic (exact) mass is 279 g/mol. The molecule has 3 N–H and O–H groups in total. The van der Waals surface area contributed by atoms with Gasteiger partial charge in [-0.15, -0.1) is 0 Å². The number of hydroxylamine groups is 1. The topological polar surface area (TPSA) is 90.3 Å². The molecule has 2 aromatic carbocycles. The van der Waals surface area contributed by atoms with Crippen molar-refractivity contribution in [3.05, 3.63) is 59.2 Å². The second-order valence-electron chi connectivity index (χ2n) is 5.21. The van der Waals surface area contributed by atoms with E-state index in [1.807, 2.05) is 6.07 Å². The van der Waals surface area contributed by atoms with Gasteiger partial charge >= 0.3 is 0 Å². The number of nitrogens with two attached hydrogens (primary N) is 1. The Morgan fingerprint density at radius 3 is 2.52 bits per heavy atom. The van der Waals surface area contributed by atoms with Gasteiger partial charge in [0, 0.05) is 5.69 Å². The number of fused-ring (bicyclic) bond motifs is 1. The zero-order valence-electron chi connectivity index (χ0n) is 11.4. The van der Waals surface area contributed by atoms with Crippen molar-refractivity contribution in [1.82, 2.24) is 0 Å². The molecular formula is C16H13N3O2. The standard InChI is InChI=1S/C16H13N3O2/c1-16(11-3-5-12(18)6-4-11)13-7-2-10(9-17)8-14(13)19(21)15(16)20/h2-8,21H,18H2,1H3. The number of nitrogens with zero attached hydrogens (tertiary/aromatic N) is 2. The number of nitrogen functional groups attached to an aromatic ring is 1. The van der Waals surface area contributed by atoms with Gasteiger partial charge in [0.05, 0.1) is 17.3 Å². The first-order chi connectivity index (χ1) is 9.98. The van der Waals surface area contributed by atoms with E-state index in [4.69, 9.17) is 11.0 Å². The largest absolute Gasteiger partial charge is 0.399 e. The number of nitriles is 1. The van der Waals surface area contributed by atoms with Crippen LogP contribution in [-0.2, 0) is 10.2 Å². The number of rotatable bonds is 1. The molecule has 2 aromatic rings. The molecule has 3 rings (SSSR count). The van der Waals surface area contributed by atoms with Gasteiger partial charge in [0.15, 0.2) is 0 Å². The van der Waals surface area contributed by atoms with Crippen molar-refractivity contribution in [2.75, 3.05) is 10.8 Å². The fourth-order valence-corrected chi connectivity index (χ4v) is 2.73. The number of carbonyl (C=O) groups is 1. The van der Waals surface area contributed by atoms with E-state index in [9.17, 15) is 10.0 Å². The van der Waals surface area contributed by atoms with Gasteiger partial charge in [0.25, 0.3) is 5.91 Å². The minimum atomic E-state index is -0.994. The molecule has 104 valence electrons. The molecule has 1 atom stereocenters. The average Bonchev–Trinajstić information content (AvgIpc) is 2.70. The van der Waals surface area contributed by atoms with Crippen molar-refractivity contribution >= 4 is 17.3 Å². The van der Waals surface area contributed by atoms with Crippen LogP contribution in [0.2, 0.25) is 0 Å². The summed E-state index contributed by atoms with van der Waals surface area (Å²) in [5, 5.41) is 19.6. The number of hydrogen-bond acceptors (Lipinski definition) is 4. The van der Waals surface area contributed by atoms with Crippen molar-refractivity contribution in [2.24, 2.45) is 0 Å². The molecule has 1 heterocycles. The van der Waals surface area contributed by atoms with E-state index in [1.54, 1.807) is 43.3 Å². The lowest BCUT2D eigenvalue weighted by Crippen LogP contribution is -2.37. The highest BCUT2D eigenvalue weighted by molar-refractivity contribution is 6.08. The minimum Gasteiger partial charge on any atom is -0.399 e. The highest BCUT2D eigenvalue weighted by Crippen LogP contribution is 2.45. The highest BCUT2D eigenvalue weighted by atomic mass is 16.5. The number of amides is 1. The molecule has 1 aliphatic heterocycles. The van der Waals surface area contributed by atoms with E-state index in [1.165, 1.54) is 6.07 Å². The van der Waals surface area contributed by atoms with E-state index in [0.29, 0.717) is 27.6 Å². The van der Waals surface area contributed by atoms with Crippen molar-refractivity contribution in [2.45, 2.75) is 12.3 Å². The normalized spacial score (nSPS) is 20.2. The van der Waals surface area contributed by atoms with Crippen LogP contribution in [0.15, 0.2) is 42.5 Å². The summed E-state index contributed by atoms with van der Waals surface area (Å²) in [4.78, 5) is 12.5. The summed E-state index contributed by atoms with van der Waals surface area (Å²) >= 11 is 0. The Morgan fingerprint density at radius 2 is 1.90 bits per heavy atom. The van der Waals surface area contributed by atoms with Crippen LogP contribution < -0.4 is 10.8 Å². The van der Waals surface area contributed by atoms with E-state index in [2.05, 4.69) is 0 Å². The van der Waals surface area contributed by atoms with Gasteiger partial charge in [0.1, 0.15) is 5.41 Å². The Bertz CT molecular complexity index is 777. The third-order valence-electron chi connectivity index (χ3n) is 4.00. The molecule has 0 spiro atoms. The molecule has 0 saturated carbocycles. The molecule has 0 fully saturated rings. The molecule has 5 heteroatoms. The maximum atomic E-state index is 12.5. The lowest BCUT2D eigenvalue weighted by Gasteiger charge is -2.23. The molecule has 0 bridgehead atoms. The van der Waals surface area contributed by atoms with Crippen LogP contribution in [0.1, 0.15) is 23.6 Å². The first kappa shape index (κ1) is 13.2. The lowest BCUT2D eigenvalue weighted by molar-refractivity contribution is -0.126. The summed E-state index contributed by atoms with van der Waals surface area (Å²) in [5.41, 5.74) is 7.44. The predicted molar refractivity (Wildman–Crippen MR) is 77.7 cm³/mol. The predicted octanol–water partition coefficient (Wildman–Crippen LogP) is 2.18. The molecule has 0 aromatic heterocycles. The summed E-state index contributed by atoms with van der Waals surface area (Å²) in [5.74, 6) is -0.447. The van der Waals surface area contributed by atoms with Crippen LogP contribution in [0.3, 0.4) is 0 Å². The van der Waals surface area contributed by atoms with Gasteiger partial charge in [-0.05, 0) is 42.3 Å². The molecular weight excluding hydrogens is 266 g/mol. The van der Waals surface area contributed by atoms with Crippen LogP contribution in [-0.4, -0.2) is 11.1 Å². The van der Waals surface area contributed by atoms with Gasteiger partial charge in [-0.25, -0.2) is 0 Å². The smallest absolute Gasteiger partial charge is 0.265 e. The molecule has 0 saturated heterocycles. The molecule has 0 aliphatic carbocycles. The maximum absolute atomic E-state index is 12.5. The molecule has 21 heavy (non-hydrogen) atoms. The fraction of sp³-hybridized carbons (Fsp3) is 0.125. The Morgan fingerprint density at radius 1 is 1.24 bits per heavy atom. The van der Waals surface area contributed by atoms with E-state index in [-0.39, 0.29) is 0 Å². The second-order valence-corrected chi connectivity index (χ2v) is 5.21.